The standard InChI is InChI=1S/C20H27N5O2S/c1-13(2)10-11-24(20(28)22-15-8-9-15)16-17(21)25(19(27)23-18(16)26)12-14-6-4-3-5-7-14/h3-7,13,15H,8-12,21H2,1-2H3,(H,22,28)(H,23,26,27). The van der Waals surface area contributed by atoms with Crippen molar-refractivity contribution in [3.63, 3.8) is 0 Å². The second-order valence-electron chi connectivity index (χ2n) is 7.62. The molecule has 2 aromatic rings. The van der Waals surface area contributed by atoms with Gasteiger partial charge in [-0.25, -0.2) is 4.79 Å². The van der Waals surface area contributed by atoms with Crippen molar-refractivity contribution in [2.75, 3.05) is 17.2 Å². The number of nitrogens with one attached hydrogen (secondary N) is 2. The summed E-state index contributed by atoms with van der Waals surface area (Å²) in [6.07, 6.45) is 2.97. The highest BCUT2D eigenvalue weighted by Crippen LogP contribution is 2.23. The Bertz CT molecular complexity index is 947. The molecule has 1 aliphatic rings. The fraction of sp³-hybridized carbons (Fsp3) is 0.450. The van der Waals surface area contributed by atoms with Crippen molar-refractivity contribution in [3.8, 4) is 0 Å². The van der Waals surface area contributed by atoms with Crippen molar-refractivity contribution in [3.05, 3.63) is 56.7 Å². The monoisotopic (exact) mass is 401 g/mol. The van der Waals surface area contributed by atoms with Gasteiger partial charge < -0.3 is 16.0 Å². The SMILES string of the molecule is CC(C)CCN(C(=S)NC1CC1)c1c(N)n(Cc2ccccc2)c(=O)[nH]c1=O. The molecule has 0 atom stereocenters. The van der Waals surface area contributed by atoms with Crippen molar-refractivity contribution in [1.82, 2.24) is 14.9 Å². The zero-order valence-corrected chi connectivity index (χ0v) is 17.1. The Labute approximate surface area is 169 Å². The molecule has 7 nitrogen and oxygen atoms in total. The van der Waals surface area contributed by atoms with Crippen LogP contribution in [0.5, 0.6) is 0 Å². The summed E-state index contributed by atoms with van der Waals surface area (Å²) in [5.74, 6) is 0.558. The number of nitrogen functional groups attached to an aromatic ring is 1. The van der Waals surface area contributed by atoms with Gasteiger partial charge in [0.2, 0.25) is 0 Å². The lowest BCUT2D eigenvalue weighted by Crippen LogP contribution is -2.46. The molecular formula is C20H27N5O2S. The van der Waals surface area contributed by atoms with Gasteiger partial charge in [-0.05, 0) is 43.0 Å². The lowest BCUT2D eigenvalue weighted by molar-refractivity contribution is 0.591. The second kappa shape index (κ2) is 8.60. The first-order valence-electron chi connectivity index (χ1n) is 9.61. The number of nitrogens with zero attached hydrogens (tertiary/aromatic N) is 2. The molecule has 150 valence electrons. The summed E-state index contributed by atoms with van der Waals surface area (Å²) < 4.78 is 1.38. The molecule has 0 radical (unpaired) electrons. The van der Waals surface area contributed by atoms with Crippen LogP contribution < -0.4 is 27.2 Å². The smallest absolute Gasteiger partial charge is 0.330 e. The van der Waals surface area contributed by atoms with Crippen LogP contribution in [0.1, 0.15) is 38.7 Å². The van der Waals surface area contributed by atoms with Gasteiger partial charge in [-0.1, -0.05) is 44.2 Å². The maximum absolute atomic E-state index is 12.7. The quantitative estimate of drug-likeness (QED) is 0.615. The van der Waals surface area contributed by atoms with Gasteiger partial charge in [-0.3, -0.25) is 14.3 Å². The van der Waals surface area contributed by atoms with Crippen LogP contribution in [-0.2, 0) is 6.54 Å². The van der Waals surface area contributed by atoms with Crippen molar-refractivity contribution >= 4 is 28.8 Å². The van der Waals surface area contributed by atoms with Gasteiger partial charge >= 0.3 is 5.69 Å². The highest BCUT2D eigenvalue weighted by molar-refractivity contribution is 7.80. The van der Waals surface area contributed by atoms with E-state index in [4.69, 9.17) is 18.0 Å². The van der Waals surface area contributed by atoms with E-state index in [1.165, 1.54) is 4.57 Å². The van der Waals surface area contributed by atoms with Crippen molar-refractivity contribution < 1.29 is 0 Å². The van der Waals surface area contributed by atoms with Crippen LogP contribution in [0, 0.1) is 5.92 Å². The summed E-state index contributed by atoms with van der Waals surface area (Å²) in [6.45, 7) is 5.04. The zero-order valence-electron chi connectivity index (χ0n) is 16.3. The lowest BCUT2D eigenvalue weighted by Gasteiger charge is -2.27. The van der Waals surface area contributed by atoms with E-state index < -0.39 is 11.2 Å². The second-order valence-corrected chi connectivity index (χ2v) is 8.01. The van der Waals surface area contributed by atoms with Crippen LogP contribution in [0.2, 0.25) is 0 Å². The van der Waals surface area contributed by atoms with E-state index in [1.807, 2.05) is 30.3 Å². The van der Waals surface area contributed by atoms with Crippen molar-refractivity contribution in [2.24, 2.45) is 5.92 Å². The van der Waals surface area contributed by atoms with E-state index in [0.717, 1.165) is 24.8 Å². The molecule has 3 rings (SSSR count). The molecular weight excluding hydrogens is 374 g/mol. The predicted molar refractivity (Wildman–Crippen MR) is 117 cm³/mol. The van der Waals surface area contributed by atoms with E-state index in [9.17, 15) is 9.59 Å². The van der Waals surface area contributed by atoms with Gasteiger partial charge in [-0.15, -0.1) is 0 Å². The molecule has 1 heterocycles. The van der Waals surface area contributed by atoms with Gasteiger partial charge in [-0.2, -0.15) is 0 Å². The Balaban J connectivity index is 2.00. The van der Waals surface area contributed by atoms with Crippen LogP contribution in [0.15, 0.2) is 39.9 Å². The van der Waals surface area contributed by atoms with Gasteiger partial charge in [0.25, 0.3) is 5.56 Å². The summed E-state index contributed by atoms with van der Waals surface area (Å²) in [5, 5.41) is 3.75. The molecule has 0 bridgehead atoms. The van der Waals surface area contributed by atoms with E-state index in [0.29, 0.717) is 23.6 Å². The lowest BCUT2D eigenvalue weighted by atomic mass is 10.1. The first-order chi connectivity index (χ1) is 13.4. The molecule has 0 saturated heterocycles. The number of rotatable bonds is 7. The summed E-state index contributed by atoms with van der Waals surface area (Å²) in [7, 11) is 0. The Kier molecular flexibility index (Phi) is 6.18. The van der Waals surface area contributed by atoms with E-state index in [-0.39, 0.29) is 18.1 Å². The third kappa shape index (κ3) is 4.81. The van der Waals surface area contributed by atoms with Crippen LogP contribution in [0.3, 0.4) is 0 Å². The predicted octanol–water partition coefficient (Wildman–Crippen LogP) is 2.06. The number of aromatic nitrogens is 2. The van der Waals surface area contributed by atoms with Gasteiger partial charge in [0.1, 0.15) is 5.82 Å². The number of H-pyrrole nitrogens is 1. The summed E-state index contributed by atoms with van der Waals surface area (Å²) in [4.78, 5) is 29.2. The molecule has 4 N–H and O–H groups in total. The minimum Gasteiger partial charge on any atom is -0.383 e. The summed E-state index contributed by atoms with van der Waals surface area (Å²) in [6, 6.07) is 9.87. The average Bonchev–Trinajstić information content (AvgIpc) is 3.45. The zero-order chi connectivity index (χ0) is 20.3. The Hall–Kier alpha value is -2.61. The van der Waals surface area contributed by atoms with Crippen molar-refractivity contribution in [1.29, 1.82) is 0 Å². The molecule has 28 heavy (non-hydrogen) atoms. The molecule has 1 aromatic carbocycles. The normalized spacial score (nSPS) is 13.5. The molecule has 1 fully saturated rings. The maximum atomic E-state index is 12.7. The number of thiocarbonyl (C=S) groups is 1. The number of hydrogen-bond acceptors (Lipinski definition) is 4. The van der Waals surface area contributed by atoms with Crippen LogP contribution in [0.4, 0.5) is 11.5 Å². The van der Waals surface area contributed by atoms with Crippen LogP contribution >= 0.6 is 12.2 Å². The first-order valence-corrected chi connectivity index (χ1v) is 10.0. The molecule has 1 aliphatic carbocycles. The van der Waals surface area contributed by atoms with Crippen LogP contribution in [0.25, 0.3) is 0 Å². The number of anilines is 2. The molecule has 0 unspecified atom stereocenters. The third-order valence-electron chi connectivity index (χ3n) is 4.75. The summed E-state index contributed by atoms with van der Waals surface area (Å²) in [5.41, 5.74) is 6.44. The molecule has 0 spiro atoms. The molecule has 8 heteroatoms. The largest absolute Gasteiger partial charge is 0.383 e. The van der Waals surface area contributed by atoms with E-state index >= 15 is 0 Å². The number of aromatic amines is 1. The Morgan fingerprint density at radius 1 is 1.32 bits per heavy atom. The molecule has 0 aliphatic heterocycles. The van der Waals surface area contributed by atoms with Gasteiger partial charge in [0.05, 0.1) is 6.54 Å². The Morgan fingerprint density at radius 3 is 2.61 bits per heavy atom. The first kappa shape index (κ1) is 20.1. The fourth-order valence-corrected chi connectivity index (χ4v) is 3.29. The number of benzene rings is 1. The Morgan fingerprint density at radius 2 is 2.00 bits per heavy atom. The number of hydrogen-bond donors (Lipinski definition) is 3. The van der Waals surface area contributed by atoms with Crippen LogP contribution in [-0.4, -0.2) is 27.3 Å². The third-order valence-corrected chi connectivity index (χ3v) is 5.09. The molecule has 1 saturated carbocycles. The van der Waals surface area contributed by atoms with E-state index in [2.05, 4.69) is 24.1 Å². The number of nitrogens with two attached hydrogens (primary N) is 1. The minimum atomic E-state index is -0.528. The topological polar surface area (TPSA) is 96.2 Å². The average molecular weight is 402 g/mol. The molecule has 1 aromatic heterocycles. The molecule has 0 amide bonds. The fourth-order valence-electron chi connectivity index (χ4n) is 2.94. The van der Waals surface area contributed by atoms with Gasteiger partial charge in [0.15, 0.2) is 10.8 Å². The van der Waals surface area contributed by atoms with Gasteiger partial charge in [0, 0.05) is 12.6 Å². The van der Waals surface area contributed by atoms with E-state index in [1.54, 1.807) is 4.90 Å². The highest BCUT2D eigenvalue weighted by atomic mass is 32.1. The highest BCUT2D eigenvalue weighted by Gasteiger charge is 2.27. The minimum absolute atomic E-state index is 0.126. The maximum Gasteiger partial charge on any atom is 0.330 e. The van der Waals surface area contributed by atoms with Crippen molar-refractivity contribution in [2.45, 2.75) is 45.7 Å². The summed E-state index contributed by atoms with van der Waals surface area (Å²) >= 11 is 5.57.